The minimum Gasteiger partial charge on any atom is -0.369 e. The molecule has 5 heteroatoms. The Labute approximate surface area is 202 Å². The molecule has 0 aromatic heterocycles. The first kappa shape index (κ1) is 24.6. The minimum absolute atomic E-state index is 0.170. The highest BCUT2D eigenvalue weighted by atomic mass is 16.6. The molecule has 0 radical (unpaired) electrons. The highest BCUT2D eigenvalue weighted by Gasteiger charge is 2.47. The van der Waals surface area contributed by atoms with Crippen LogP contribution in [0.2, 0.25) is 0 Å². The van der Waals surface area contributed by atoms with Crippen LogP contribution in [-0.4, -0.2) is 41.2 Å². The van der Waals surface area contributed by atoms with Crippen molar-refractivity contribution in [3.63, 3.8) is 0 Å². The van der Waals surface area contributed by atoms with E-state index in [1.54, 1.807) is 0 Å². The first-order valence-corrected chi connectivity index (χ1v) is 12.0. The van der Waals surface area contributed by atoms with Crippen LogP contribution in [0.4, 0.5) is 0 Å². The molecule has 1 N–H and O–H groups in total. The number of hydrogen-bond acceptors (Lipinski definition) is 5. The van der Waals surface area contributed by atoms with E-state index in [9.17, 15) is 5.21 Å². The second-order valence-corrected chi connectivity index (χ2v) is 9.21. The monoisotopic (exact) mass is 461 g/mol. The number of benzene rings is 3. The summed E-state index contributed by atoms with van der Waals surface area (Å²) in [7, 11) is 0. The summed E-state index contributed by atoms with van der Waals surface area (Å²) in [5.74, 6) is 0.170. The largest absolute Gasteiger partial charge is 0.369 e. The third kappa shape index (κ3) is 6.53. The molecule has 1 heterocycles. The highest BCUT2D eigenvalue weighted by molar-refractivity contribution is 5.15. The molecular weight excluding hydrogens is 426 g/mol. The van der Waals surface area contributed by atoms with Gasteiger partial charge in [0.05, 0.1) is 32.4 Å². The molecule has 0 aliphatic carbocycles. The van der Waals surface area contributed by atoms with Crippen molar-refractivity contribution in [1.29, 1.82) is 0 Å². The van der Waals surface area contributed by atoms with Gasteiger partial charge in [0.15, 0.2) is 0 Å². The van der Waals surface area contributed by atoms with Crippen LogP contribution in [-0.2, 0) is 34.0 Å². The van der Waals surface area contributed by atoms with Gasteiger partial charge in [0, 0.05) is 0 Å². The molecule has 1 fully saturated rings. The van der Waals surface area contributed by atoms with E-state index in [2.05, 4.69) is 26.0 Å². The van der Waals surface area contributed by atoms with Crippen LogP contribution in [0.25, 0.3) is 0 Å². The van der Waals surface area contributed by atoms with E-state index in [4.69, 9.17) is 14.2 Å². The molecule has 1 aliphatic heterocycles. The van der Waals surface area contributed by atoms with Crippen LogP contribution in [0.3, 0.4) is 0 Å². The molecule has 3 aromatic rings. The molecule has 3 aromatic carbocycles. The lowest BCUT2D eigenvalue weighted by molar-refractivity contribution is -0.273. The number of ether oxygens (including phenoxy) is 3. The smallest absolute Gasteiger partial charge is 0.113 e. The van der Waals surface area contributed by atoms with Gasteiger partial charge in [-0.05, 0) is 22.6 Å². The van der Waals surface area contributed by atoms with Crippen molar-refractivity contribution in [2.75, 3.05) is 6.54 Å². The van der Waals surface area contributed by atoms with Gasteiger partial charge in [-0.3, -0.25) is 0 Å². The van der Waals surface area contributed by atoms with Crippen LogP contribution in [0.1, 0.15) is 30.5 Å². The molecule has 0 bridgehead atoms. The van der Waals surface area contributed by atoms with Gasteiger partial charge in [-0.2, -0.15) is 5.06 Å². The topological polar surface area (TPSA) is 51.2 Å². The minimum atomic E-state index is -0.358. The van der Waals surface area contributed by atoms with E-state index in [0.717, 1.165) is 16.7 Å². The van der Waals surface area contributed by atoms with Gasteiger partial charge in [-0.25, -0.2) is 0 Å². The zero-order valence-electron chi connectivity index (χ0n) is 20.0. The Hall–Kier alpha value is -2.54. The number of nitrogens with zero attached hydrogens (tertiary/aromatic N) is 1. The molecule has 1 saturated heterocycles. The summed E-state index contributed by atoms with van der Waals surface area (Å²) in [5.41, 5.74) is 3.27. The fraction of sp³-hybridized carbons (Fsp3) is 0.379. The van der Waals surface area contributed by atoms with Crippen molar-refractivity contribution in [1.82, 2.24) is 5.06 Å². The molecule has 180 valence electrons. The van der Waals surface area contributed by atoms with Gasteiger partial charge in [-0.15, -0.1) is 0 Å². The fourth-order valence-electron chi connectivity index (χ4n) is 4.56. The maximum absolute atomic E-state index is 11.0. The van der Waals surface area contributed by atoms with E-state index >= 15 is 0 Å². The lowest BCUT2D eigenvalue weighted by atomic mass is 9.87. The van der Waals surface area contributed by atoms with Gasteiger partial charge < -0.3 is 19.4 Å². The van der Waals surface area contributed by atoms with Crippen LogP contribution < -0.4 is 0 Å². The molecule has 0 unspecified atom stereocenters. The summed E-state index contributed by atoms with van der Waals surface area (Å²) in [4.78, 5) is 0. The Balaban J connectivity index is 1.56. The van der Waals surface area contributed by atoms with Crippen LogP contribution >= 0.6 is 0 Å². The van der Waals surface area contributed by atoms with E-state index in [0.29, 0.717) is 26.4 Å². The fourth-order valence-corrected chi connectivity index (χ4v) is 4.56. The molecule has 4 atom stereocenters. The normalized spacial score (nSPS) is 23.3. The highest BCUT2D eigenvalue weighted by Crippen LogP contribution is 2.31. The quantitative estimate of drug-likeness (QED) is 0.434. The Kier molecular flexibility index (Phi) is 8.85. The molecule has 0 amide bonds. The third-order valence-corrected chi connectivity index (χ3v) is 6.30. The van der Waals surface area contributed by atoms with Gasteiger partial charge >= 0.3 is 0 Å². The van der Waals surface area contributed by atoms with Gasteiger partial charge in [-0.1, -0.05) is 105 Å². The Bertz CT molecular complexity index is 967. The molecular formula is C29H35NO4. The Morgan fingerprint density at radius 2 is 1.09 bits per heavy atom. The van der Waals surface area contributed by atoms with Crippen LogP contribution in [0.5, 0.6) is 0 Å². The predicted molar refractivity (Wildman–Crippen MR) is 132 cm³/mol. The van der Waals surface area contributed by atoms with Gasteiger partial charge in [0.2, 0.25) is 0 Å². The van der Waals surface area contributed by atoms with Crippen molar-refractivity contribution in [3.8, 4) is 0 Å². The number of piperidine rings is 1. The lowest BCUT2D eigenvalue weighted by Crippen LogP contribution is -2.63. The summed E-state index contributed by atoms with van der Waals surface area (Å²) >= 11 is 0. The van der Waals surface area contributed by atoms with Gasteiger partial charge in [0.25, 0.3) is 0 Å². The van der Waals surface area contributed by atoms with E-state index in [-0.39, 0.29) is 30.3 Å². The maximum atomic E-state index is 11.0. The predicted octanol–water partition coefficient (Wildman–Crippen LogP) is 5.47. The number of hydrogen-bond donors (Lipinski definition) is 1. The second-order valence-electron chi connectivity index (χ2n) is 9.21. The van der Waals surface area contributed by atoms with E-state index < -0.39 is 0 Å². The SMILES string of the molecule is CC(C)[C@@H]1[C@@H](OCc2ccccc2)[C@H](OCc2ccccc2)[C@H](OCc2ccccc2)CN1O. The second kappa shape index (κ2) is 12.2. The molecule has 34 heavy (non-hydrogen) atoms. The zero-order chi connectivity index (χ0) is 23.8. The number of rotatable bonds is 10. The summed E-state index contributed by atoms with van der Waals surface area (Å²) in [5, 5.41) is 12.4. The van der Waals surface area contributed by atoms with E-state index in [1.165, 1.54) is 5.06 Å². The number of hydroxylamine groups is 2. The van der Waals surface area contributed by atoms with E-state index in [1.807, 2.05) is 78.9 Å². The molecule has 4 rings (SSSR count). The average molecular weight is 462 g/mol. The molecule has 5 nitrogen and oxygen atoms in total. The van der Waals surface area contributed by atoms with Crippen molar-refractivity contribution >= 4 is 0 Å². The zero-order valence-corrected chi connectivity index (χ0v) is 20.0. The summed E-state index contributed by atoms with van der Waals surface area (Å²) in [6.07, 6.45) is -1.03. The van der Waals surface area contributed by atoms with Gasteiger partial charge in [0.1, 0.15) is 18.3 Å². The van der Waals surface area contributed by atoms with Crippen LogP contribution in [0, 0.1) is 5.92 Å². The molecule has 0 spiro atoms. The average Bonchev–Trinajstić information content (AvgIpc) is 2.87. The lowest BCUT2D eigenvalue weighted by Gasteiger charge is -2.47. The summed E-state index contributed by atoms with van der Waals surface area (Å²) in [6.45, 7) is 5.91. The summed E-state index contributed by atoms with van der Waals surface area (Å²) in [6, 6.07) is 30.1. The maximum Gasteiger partial charge on any atom is 0.113 e. The third-order valence-electron chi connectivity index (χ3n) is 6.30. The van der Waals surface area contributed by atoms with Crippen LogP contribution in [0.15, 0.2) is 91.0 Å². The standard InChI is InChI=1S/C29H35NO4/c1-22(2)27-29(34-21-25-16-10-5-11-17-25)28(33-20-24-14-8-4-9-15-24)26(18-30(27)31)32-19-23-12-6-3-7-13-23/h3-17,22,26-29,31H,18-21H2,1-2H3/t26-,27-,28-,29-/m1/s1. The first-order valence-electron chi connectivity index (χ1n) is 12.0. The molecule has 0 saturated carbocycles. The molecule has 1 aliphatic rings. The summed E-state index contributed by atoms with van der Waals surface area (Å²) < 4.78 is 19.3. The first-order chi connectivity index (χ1) is 16.6. The van der Waals surface area contributed by atoms with Crippen molar-refractivity contribution < 1.29 is 19.4 Å². The Morgan fingerprint density at radius 1 is 0.676 bits per heavy atom. The van der Waals surface area contributed by atoms with Crippen molar-refractivity contribution in [2.24, 2.45) is 5.92 Å². The van der Waals surface area contributed by atoms with Crippen molar-refractivity contribution in [3.05, 3.63) is 108 Å². The van der Waals surface area contributed by atoms with Crippen molar-refractivity contribution in [2.45, 2.75) is 58.0 Å². The Morgan fingerprint density at radius 3 is 1.53 bits per heavy atom.